The number of pyridine rings is 1. The maximum atomic E-state index is 12.1. The van der Waals surface area contributed by atoms with Crippen molar-refractivity contribution in [1.29, 1.82) is 0 Å². The van der Waals surface area contributed by atoms with Gasteiger partial charge in [-0.25, -0.2) is 0 Å². The van der Waals surface area contributed by atoms with Crippen molar-refractivity contribution < 1.29 is 13.2 Å². The van der Waals surface area contributed by atoms with E-state index in [2.05, 4.69) is 4.98 Å². The first-order valence-corrected chi connectivity index (χ1v) is 5.63. The predicted molar refractivity (Wildman–Crippen MR) is 64.0 cm³/mol. The first-order valence-electron chi connectivity index (χ1n) is 5.63. The molecule has 1 heterocycles. The normalized spacial score (nSPS) is 13.8. The van der Waals surface area contributed by atoms with Crippen LogP contribution in [0.25, 0.3) is 10.9 Å². The lowest BCUT2D eigenvalue weighted by Crippen LogP contribution is -2.15. The van der Waals surface area contributed by atoms with Gasteiger partial charge < -0.3 is 5.73 Å². The van der Waals surface area contributed by atoms with Crippen molar-refractivity contribution in [3.63, 3.8) is 0 Å². The molecule has 2 rings (SSSR count). The lowest BCUT2D eigenvalue weighted by Gasteiger charge is -2.14. The van der Waals surface area contributed by atoms with E-state index in [1.165, 1.54) is 0 Å². The summed E-state index contributed by atoms with van der Waals surface area (Å²) >= 11 is 0. The Morgan fingerprint density at radius 3 is 2.72 bits per heavy atom. The minimum Gasteiger partial charge on any atom is -0.324 e. The summed E-state index contributed by atoms with van der Waals surface area (Å²) in [6.07, 6.45) is -3.45. The number of aromatic nitrogens is 1. The molecule has 0 saturated carbocycles. The number of nitrogens with two attached hydrogens (primary N) is 1. The van der Waals surface area contributed by atoms with Gasteiger partial charge in [-0.3, -0.25) is 4.98 Å². The zero-order chi connectivity index (χ0) is 13.2. The molecule has 0 bridgehead atoms. The molecule has 5 heteroatoms. The average molecular weight is 254 g/mol. The molecule has 2 N–H and O–H groups in total. The lowest BCUT2D eigenvalue weighted by atomic mass is 10.0. The Labute approximate surface area is 103 Å². The van der Waals surface area contributed by atoms with Crippen LogP contribution < -0.4 is 5.73 Å². The second-order valence-electron chi connectivity index (χ2n) is 4.22. The van der Waals surface area contributed by atoms with E-state index in [-0.39, 0.29) is 6.42 Å². The van der Waals surface area contributed by atoms with Crippen LogP contribution in [0, 0.1) is 0 Å². The third-order valence-electron chi connectivity index (χ3n) is 2.79. The highest BCUT2D eigenvalue weighted by molar-refractivity contribution is 5.79. The van der Waals surface area contributed by atoms with E-state index >= 15 is 0 Å². The maximum absolute atomic E-state index is 12.1. The van der Waals surface area contributed by atoms with Gasteiger partial charge in [-0.05, 0) is 30.2 Å². The topological polar surface area (TPSA) is 38.9 Å². The van der Waals surface area contributed by atoms with Gasteiger partial charge in [0.1, 0.15) is 0 Å². The number of benzene rings is 1. The van der Waals surface area contributed by atoms with Crippen molar-refractivity contribution >= 4 is 10.9 Å². The van der Waals surface area contributed by atoms with Crippen molar-refractivity contribution in [3.8, 4) is 0 Å². The van der Waals surface area contributed by atoms with Crippen LogP contribution in [0.15, 0.2) is 36.5 Å². The minimum absolute atomic E-state index is 0.102. The van der Waals surface area contributed by atoms with E-state index < -0.39 is 18.6 Å². The summed E-state index contributed by atoms with van der Waals surface area (Å²) in [5.41, 5.74) is 7.29. The Morgan fingerprint density at radius 2 is 2.00 bits per heavy atom. The SMILES string of the molecule is NC(CCC(F)(F)F)c1ccc2ncccc2c1. The molecule has 2 nitrogen and oxygen atoms in total. The van der Waals surface area contributed by atoms with Crippen LogP contribution in [0.2, 0.25) is 0 Å². The van der Waals surface area contributed by atoms with Gasteiger partial charge in [-0.2, -0.15) is 13.2 Å². The highest BCUT2D eigenvalue weighted by Gasteiger charge is 2.27. The Hall–Kier alpha value is -1.62. The fraction of sp³-hybridized carbons (Fsp3) is 0.308. The summed E-state index contributed by atoms with van der Waals surface area (Å²) in [6.45, 7) is 0. The van der Waals surface area contributed by atoms with Crippen LogP contribution in [0.1, 0.15) is 24.4 Å². The molecule has 1 aromatic heterocycles. The van der Waals surface area contributed by atoms with Crippen molar-refractivity contribution in [2.75, 3.05) is 0 Å². The smallest absolute Gasteiger partial charge is 0.324 e. The molecule has 1 aromatic carbocycles. The van der Waals surface area contributed by atoms with Crippen molar-refractivity contribution in [1.82, 2.24) is 4.98 Å². The third kappa shape index (κ3) is 3.20. The predicted octanol–water partition coefficient (Wildman–Crippen LogP) is 3.58. The molecule has 18 heavy (non-hydrogen) atoms. The summed E-state index contributed by atoms with van der Waals surface area (Å²) in [7, 11) is 0. The number of fused-ring (bicyclic) bond motifs is 1. The Morgan fingerprint density at radius 1 is 1.22 bits per heavy atom. The summed E-state index contributed by atoms with van der Waals surface area (Å²) in [5.74, 6) is 0. The number of nitrogens with zero attached hydrogens (tertiary/aromatic N) is 1. The van der Waals surface area contributed by atoms with Crippen LogP contribution in [0.5, 0.6) is 0 Å². The average Bonchev–Trinajstić information content (AvgIpc) is 2.34. The molecule has 0 aliphatic heterocycles. The van der Waals surface area contributed by atoms with Crippen LogP contribution in [0.4, 0.5) is 13.2 Å². The number of alkyl halides is 3. The first-order chi connectivity index (χ1) is 8.46. The first kappa shape index (κ1) is 12.8. The standard InChI is InChI=1S/C13H13F3N2/c14-13(15,16)6-5-11(17)9-3-4-12-10(8-9)2-1-7-18-12/h1-4,7-8,11H,5-6,17H2. The molecule has 0 amide bonds. The van der Waals surface area contributed by atoms with Crippen molar-refractivity contribution in [3.05, 3.63) is 42.1 Å². The largest absolute Gasteiger partial charge is 0.389 e. The second kappa shape index (κ2) is 4.94. The number of hydrogen-bond acceptors (Lipinski definition) is 2. The number of hydrogen-bond donors (Lipinski definition) is 1. The van der Waals surface area contributed by atoms with E-state index in [1.54, 1.807) is 30.5 Å². The molecule has 0 spiro atoms. The summed E-state index contributed by atoms with van der Waals surface area (Å²) in [6, 6.07) is 8.35. The molecule has 1 unspecified atom stereocenters. The molecule has 0 radical (unpaired) electrons. The zero-order valence-electron chi connectivity index (χ0n) is 9.61. The quantitative estimate of drug-likeness (QED) is 0.909. The molecule has 0 aliphatic rings. The summed E-state index contributed by atoms with van der Waals surface area (Å²) in [4.78, 5) is 4.15. The van der Waals surface area contributed by atoms with Crippen molar-refractivity contribution in [2.45, 2.75) is 25.1 Å². The van der Waals surface area contributed by atoms with Gasteiger partial charge >= 0.3 is 6.18 Å². The van der Waals surface area contributed by atoms with E-state index in [1.807, 2.05) is 6.07 Å². The van der Waals surface area contributed by atoms with Crippen molar-refractivity contribution in [2.24, 2.45) is 5.73 Å². The summed E-state index contributed by atoms with van der Waals surface area (Å²) in [5, 5.41) is 0.887. The lowest BCUT2D eigenvalue weighted by molar-refractivity contribution is -0.136. The molecular formula is C13H13F3N2. The van der Waals surface area contributed by atoms with E-state index in [9.17, 15) is 13.2 Å². The van der Waals surface area contributed by atoms with Gasteiger partial charge in [-0.15, -0.1) is 0 Å². The van der Waals surface area contributed by atoms with Gasteiger partial charge in [-0.1, -0.05) is 12.1 Å². The maximum Gasteiger partial charge on any atom is 0.389 e. The fourth-order valence-corrected chi connectivity index (χ4v) is 1.81. The molecule has 1 atom stereocenters. The number of halogens is 3. The summed E-state index contributed by atoms with van der Waals surface area (Å²) < 4.78 is 36.4. The van der Waals surface area contributed by atoms with Crippen LogP contribution in [-0.2, 0) is 0 Å². The van der Waals surface area contributed by atoms with E-state index in [0.717, 1.165) is 10.9 Å². The molecule has 0 saturated heterocycles. The highest BCUT2D eigenvalue weighted by Crippen LogP contribution is 2.27. The van der Waals surface area contributed by atoms with Crippen LogP contribution >= 0.6 is 0 Å². The number of rotatable bonds is 3. The van der Waals surface area contributed by atoms with E-state index in [4.69, 9.17) is 5.73 Å². The molecule has 96 valence electrons. The highest BCUT2D eigenvalue weighted by atomic mass is 19.4. The third-order valence-corrected chi connectivity index (χ3v) is 2.79. The molecule has 2 aromatic rings. The van der Waals surface area contributed by atoms with E-state index in [0.29, 0.717) is 5.56 Å². The van der Waals surface area contributed by atoms with Gasteiger partial charge in [0.25, 0.3) is 0 Å². The van der Waals surface area contributed by atoms with Gasteiger partial charge in [0.05, 0.1) is 5.52 Å². The van der Waals surface area contributed by atoms with Crippen LogP contribution in [0.3, 0.4) is 0 Å². The Bertz CT molecular complexity index is 537. The zero-order valence-corrected chi connectivity index (χ0v) is 9.61. The second-order valence-corrected chi connectivity index (χ2v) is 4.22. The van der Waals surface area contributed by atoms with Crippen LogP contribution in [-0.4, -0.2) is 11.2 Å². The van der Waals surface area contributed by atoms with Gasteiger partial charge in [0, 0.05) is 24.0 Å². The molecule has 0 fully saturated rings. The fourth-order valence-electron chi connectivity index (χ4n) is 1.81. The Kier molecular flexibility index (Phi) is 3.52. The molecule has 0 aliphatic carbocycles. The molecular weight excluding hydrogens is 241 g/mol. The monoisotopic (exact) mass is 254 g/mol. The minimum atomic E-state index is -4.16. The Balaban J connectivity index is 2.15. The van der Waals surface area contributed by atoms with Gasteiger partial charge in [0.15, 0.2) is 0 Å². The van der Waals surface area contributed by atoms with Gasteiger partial charge in [0.2, 0.25) is 0 Å².